The molecule has 3 nitrogen and oxygen atoms in total. The van der Waals surface area contributed by atoms with Gasteiger partial charge in [-0.15, -0.1) is 0 Å². The van der Waals surface area contributed by atoms with Crippen LogP contribution in [0.1, 0.15) is 59.1 Å². The molecule has 0 aliphatic carbocycles. The van der Waals surface area contributed by atoms with Crippen molar-refractivity contribution in [1.82, 2.24) is 9.78 Å². The van der Waals surface area contributed by atoms with Gasteiger partial charge in [-0.05, 0) is 50.8 Å². The third kappa shape index (κ3) is 2.53. The number of hydrogen-bond donors (Lipinski definition) is 0. The summed E-state index contributed by atoms with van der Waals surface area (Å²) in [7, 11) is 0. The number of benzene rings is 1. The fourth-order valence-electron chi connectivity index (χ4n) is 2.59. The van der Waals surface area contributed by atoms with Gasteiger partial charge in [0.25, 0.3) is 5.91 Å². The SMILES string of the molecule is CCC(C)c1c(C)nn(C(=O)c2ccc(C)cc2)c1C. The first-order chi connectivity index (χ1) is 9.45. The van der Waals surface area contributed by atoms with E-state index in [1.807, 2.05) is 45.0 Å². The smallest absolute Gasteiger partial charge is 0.267 e. The molecule has 1 atom stereocenters. The predicted molar refractivity (Wildman–Crippen MR) is 81.3 cm³/mol. The summed E-state index contributed by atoms with van der Waals surface area (Å²) in [5.74, 6) is 0.370. The molecule has 2 aromatic rings. The average Bonchev–Trinajstić information content (AvgIpc) is 2.73. The van der Waals surface area contributed by atoms with Crippen LogP contribution in [0, 0.1) is 20.8 Å². The number of carbonyl (C=O) groups is 1. The van der Waals surface area contributed by atoms with Gasteiger partial charge < -0.3 is 0 Å². The van der Waals surface area contributed by atoms with E-state index in [0.717, 1.165) is 23.4 Å². The molecule has 1 unspecified atom stereocenters. The van der Waals surface area contributed by atoms with Gasteiger partial charge in [0.2, 0.25) is 0 Å². The van der Waals surface area contributed by atoms with Gasteiger partial charge >= 0.3 is 0 Å². The fourth-order valence-corrected chi connectivity index (χ4v) is 2.59. The summed E-state index contributed by atoms with van der Waals surface area (Å²) < 4.78 is 1.54. The van der Waals surface area contributed by atoms with Crippen LogP contribution >= 0.6 is 0 Å². The molecule has 0 saturated carbocycles. The predicted octanol–water partition coefficient (Wildman–Crippen LogP) is 4.01. The van der Waals surface area contributed by atoms with Crippen molar-refractivity contribution in [3.8, 4) is 0 Å². The van der Waals surface area contributed by atoms with Gasteiger partial charge in [-0.2, -0.15) is 5.10 Å². The molecule has 1 aromatic heterocycles. The summed E-state index contributed by atoms with van der Waals surface area (Å²) in [6, 6.07) is 7.62. The Kier molecular flexibility index (Phi) is 4.07. The van der Waals surface area contributed by atoms with Gasteiger partial charge in [0, 0.05) is 11.3 Å². The highest BCUT2D eigenvalue weighted by Gasteiger charge is 2.20. The highest BCUT2D eigenvalue weighted by atomic mass is 16.2. The Balaban J connectivity index is 2.43. The maximum absolute atomic E-state index is 12.6. The minimum Gasteiger partial charge on any atom is -0.267 e. The van der Waals surface area contributed by atoms with Crippen LogP contribution < -0.4 is 0 Å². The topological polar surface area (TPSA) is 34.9 Å². The van der Waals surface area contributed by atoms with E-state index in [2.05, 4.69) is 18.9 Å². The maximum Gasteiger partial charge on any atom is 0.278 e. The van der Waals surface area contributed by atoms with E-state index < -0.39 is 0 Å². The van der Waals surface area contributed by atoms with E-state index in [4.69, 9.17) is 0 Å². The first-order valence-electron chi connectivity index (χ1n) is 7.13. The van der Waals surface area contributed by atoms with E-state index in [1.165, 1.54) is 5.56 Å². The lowest BCUT2D eigenvalue weighted by molar-refractivity contribution is 0.0942. The molecule has 0 fully saturated rings. The Hall–Kier alpha value is -1.90. The molecule has 0 amide bonds. The second-order valence-corrected chi connectivity index (χ2v) is 5.48. The molecule has 3 heteroatoms. The van der Waals surface area contributed by atoms with Crippen LogP contribution in [-0.2, 0) is 0 Å². The van der Waals surface area contributed by atoms with Crippen LogP contribution in [0.25, 0.3) is 0 Å². The molecule has 0 bridgehead atoms. The van der Waals surface area contributed by atoms with Crippen molar-refractivity contribution in [1.29, 1.82) is 0 Å². The van der Waals surface area contributed by atoms with E-state index in [0.29, 0.717) is 11.5 Å². The van der Waals surface area contributed by atoms with Gasteiger partial charge in [0.15, 0.2) is 0 Å². The minimum atomic E-state index is -0.0554. The number of rotatable bonds is 3. The molecule has 0 N–H and O–H groups in total. The third-order valence-corrected chi connectivity index (χ3v) is 3.94. The molecule has 1 heterocycles. The van der Waals surface area contributed by atoms with Gasteiger partial charge in [0.05, 0.1) is 5.69 Å². The van der Waals surface area contributed by atoms with Gasteiger partial charge in [-0.25, -0.2) is 4.68 Å². The quantitative estimate of drug-likeness (QED) is 0.844. The molecular formula is C17H22N2O. The van der Waals surface area contributed by atoms with E-state index in [-0.39, 0.29) is 5.91 Å². The number of carbonyl (C=O) groups excluding carboxylic acids is 1. The molecule has 0 spiro atoms. The first-order valence-corrected chi connectivity index (χ1v) is 7.13. The van der Waals surface area contributed by atoms with Crippen LogP contribution in [0.4, 0.5) is 0 Å². The van der Waals surface area contributed by atoms with Crippen LogP contribution in [0.15, 0.2) is 24.3 Å². The zero-order valence-corrected chi connectivity index (χ0v) is 12.9. The second kappa shape index (κ2) is 5.61. The Bertz CT molecular complexity index is 623. The van der Waals surface area contributed by atoms with Crippen molar-refractivity contribution in [2.75, 3.05) is 0 Å². The van der Waals surface area contributed by atoms with Crippen LogP contribution in [0.2, 0.25) is 0 Å². The van der Waals surface area contributed by atoms with Crippen LogP contribution in [0.5, 0.6) is 0 Å². The summed E-state index contributed by atoms with van der Waals surface area (Å²) in [5.41, 5.74) is 4.94. The summed E-state index contributed by atoms with van der Waals surface area (Å²) >= 11 is 0. The van der Waals surface area contributed by atoms with Crippen LogP contribution in [0.3, 0.4) is 0 Å². The van der Waals surface area contributed by atoms with Gasteiger partial charge in [0.1, 0.15) is 0 Å². The Morgan fingerprint density at radius 2 is 1.80 bits per heavy atom. The molecule has 2 rings (SSSR count). The highest BCUT2D eigenvalue weighted by Crippen LogP contribution is 2.26. The molecule has 0 saturated heterocycles. The number of aromatic nitrogens is 2. The number of aryl methyl sites for hydroxylation is 2. The molecule has 0 aliphatic rings. The van der Waals surface area contributed by atoms with Crippen molar-refractivity contribution in [2.45, 2.75) is 47.0 Å². The summed E-state index contributed by atoms with van der Waals surface area (Å²) in [5, 5.41) is 4.45. The lowest BCUT2D eigenvalue weighted by Gasteiger charge is -2.09. The average molecular weight is 270 g/mol. The standard InChI is InChI=1S/C17H22N2O/c1-6-12(3)16-13(4)18-19(14(16)5)17(20)15-9-7-11(2)8-10-15/h7-10,12H,6H2,1-5H3. The molecular weight excluding hydrogens is 248 g/mol. The molecule has 0 aliphatic heterocycles. The second-order valence-electron chi connectivity index (χ2n) is 5.48. The maximum atomic E-state index is 12.6. The summed E-state index contributed by atoms with van der Waals surface area (Å²) in [6.45, 7) is 10.3. The normalized spacial score (nSPS) is 12.4. The Labute approximate surface area is 120 Å². The van der Waals surface area contributed by atoms with Gasteiger partial charge in [-0.3, -0.25) is 4.79 Å². The summed E-state index contributed by atoms with van der Waals surface area (Å²) in [4.78, 5) is 12.6. The third-order valence-electron chi connectivity index (χ3n) is 3.94. The largest absolute Gasteiger partial charge is 0.278 e. The fraction of sp³-hybridized carbons (Fsp3) is 0.412. The molecule has 106 valence electrons. The van der Waals surface area contributed by atoms with E-state index in [9.17, 15) is 4.79 Å². The lowest BCUT2D eigenvalue weighted by atomic mass is 9.97. The first kappa shape index (κ1) is 14.5. The number of hydrogen-bond acceptors (Lipinski definition) is 2. The summed E-state index contributed by atoms with van der Waals surface area (Å²) in [6.07, 6.45) is 1.05. The Morgan fingerprint density at radius 1 is 1.20 bits per heavy atom. The van der Waals surface area contributed by atoms with Crippen molar-refractivity contribution in [2.24, 2.45) is 0 Å². The van der Waals surface area contributed by atoms with Crippen molar-refractivity contribution in [3.05, 3.63) is 52.3 Å². The zero-order chi connectivity index (χ0) is 14.9. The highest BCUT2D eigenvalue weighted by molar-refractivity contribution is 5.96. The van der Waals surface area contributed by atoms with Crippen molar-refractivity contribution < 1.29 is 4.79 Å². The zero-order valence-electron chi connectivity index (χ0n) is 12.9. The lowest BCUT2D eigenvalue weighted by Crippen LogP contribution is -2.15. The van der Waals surface area contributed by atoms with Crippen molar-refractivity contribution >= 4 is 5.91 Å². The molecule has 0 radical (unpaired) electrons. The Morgan fingerprint density at radius 3 is 2.35 bits per heavy atom. The van der Waals surface area contributed by atoms with Gasteiger partial charge in [-0.1, -0.05) is 31.5 Å². The van der Waals surface area contributed by atoms with E-state index in [1.54, 1.807) is 4.68 Å². The van der Waals surface area contributed by atoms with E-state index >= 15 is 0 Å². The number of nitrogens with zero attached hydrogens (tertiary/aromatic N) is 2. The van der Waals surface area contributed by atoms with Crippen LogP contribution in [-0.4, -0.2) is 15.7 Å². The van der Waals surface area contributed by atoms with Crippen molar-refractivity contribution in [3.63, 3.8) is 0 Å². The molecule has 1 aromatic carbocycles. The minimum absolute atomic E-state index is 0.0554. The molecule has 20 heavy (non-hydrogen) atoms. The monoisotopic (exact) mass is 270 g/mol.